The average Bonchev–Trinajstić information content (AvgIpc) is 3.34. The molecule has 0 unspecified atom stereocenters. The molecule has 0 saturated carbocycles. The summed E-state index contributed by atoms with van der Waals surface area (Å²) in [7, 11) is -3.91. The van der Waals surface area contributed by atoms with E-state index in [1.165, 1.54) is 78.9 Å². The van der Waals surface area contributed by atoms with E-state index in [-0.39, 0.29) is 29.6 Å². The number of amides is 1. The lowest BCUT2D eigenvalue weighted by atomic mass is 9.94. The summed E-state index contributed by atoms with van der Waals surface area (Å²) in [5, 5.41) is 37.8. The van der Waals surface area contributed by atoms with E-state index in [1.54, 1.807) is 10.6 Å². The van der Waals surface area contributed by atoms with E-state index in [4.69, 9.17) is 10.2 Å². The Balaban J connectivity index is 1.89. The van der Waals surface area contributed by atoms with Gasteiger partial charge in [-0.15, -0.1) is 0 Å². The molecule has 0 fully saturated rings. The quantitative estimate of drug-likeness (QED) is 0.136. The van der Waals surface area contributed by atoms with Crippen molar-refractivity contribution in [1.82, 2.24) is 9.88 Å². The van der Waals surface area contributed by atoms with Gasteiger partial charge in [0.05, 0.1) is 23.5 Å². The van der Waals surface area contributed by atoms with Crippen molar-refractivity contribution in [3.8, 4) is 22.3 Å². The van der Waals surface area contributed by atoms with Crippen LogP contribution in [0.15, 0.2) is 83.8 Å². The van der Waals surface area contributed by atoms with Crippen LogP contribution in [-0.2, 0) is 21.4 Å². The summed E-state index contributed by atoms with van der Waals surface area (Å²) in [6, 6.07) is 16.4. The van der Waals surface area contributed by atoms with Crippen molar-refractivity contribution >= 4 is 28.0 Å². The highest BCUT2D eigenvalue weighted by Crippen LogP contribution is 2.42. The van der Waals surface area contributed by atoms with Crippen molar-refractivity contribution in [2.24, 2.45) is 5.14 Å². The van der Waals surface area contributed by atoms with Gasteiger partial charge in [-0.2, -0.15) is 0 Å². The number of primary sulfonamides is 1. The molecular formula is C34H35F2N3O7S. The Morgan fingerprint density at radius 1 is 0.894 bits per heavy atom. The maximum Gasteiger partial charge on any atom is 0.305 e. The minimum absolute atomic E-state index is 0.00704. The van der Waals surface area contributed by atoms with Gasteiger partial charge in [0, 0.05) is 35.8 Å². The lowest BCUT2D eigenvalue weighted by Gasteiger charge is -2.17. The average molecular weight is 668 g/mol. The van der Waals surface area contributed by atoms with Crippen LogP contribution in [0.3, 0.4) is 0 Å². The van der Waals surface area contributed by atoms with Crippen molar-refractivity contribution in [2.75, 3.05) is 0 Å². The standard InChI is InChI=1S/C34H35F2N3O7S/c1-20(2)39-29(16-13-26(40)17-27(41)18-30(42)43)31(22-5-9-24(35)10-6-22)32(23-7-11-25(36)12-8-23)33(39)34(44)38-19-21-3-14-28(15-4-21)47(37,45)46/h3-16,20,26-27,40-41H,17-19H2,1-2H3,(H,38,44)(H,42,43)(H2,37,45,46)/t26-,27+/m0/s1. The Labute approximate surface area is 270 Å². The summed E-state index contributed by atoms with van der Waals surface area (Å²) >= 11 is 0. The molecule has 0 radical (unpaired) electrons. The number of sulfonamides is 1. The Morgan fingerprint density at radius 2 is 1.43 bits per heavy atom. The van der Waals surface area contributed by atoms with Gasteiger partial charge in [-0.1, -0.05) is 42.5 Å². The number of nitrogens with two attached hydrogens (primary N) is 1. The smallest absolute Gasteiger partial charge is 0.305 e. The SMILES string of the molecule is CC(C)n1c(C=C[C@H](O)C[C@@H](O)CC(=O)O)c(-c2ccc(F)cc2)c(-c2ccc(F)cc2)c1C(=O)NCc1ccc(S(N)(=O)=O)cc1. The van der Waals surface area contributed by atoms with Crippen LogP contribution < -0.4 is 10.5 Å². The molecule has 0 spiro atoms. The first-order valence-electron chi connectivity index (χ1n) is 14.6. The molecule has 10 nitrogen and oxygen atoms in total. The largest absolute Gasteiger partial charge is 0.481 e. The number of aromatic nitrogens is 1. The maximum atomic E-state index is 14.1. The van der Waals surface area contributed by atoms with Gasteiger partial charge < -0.3 is 25.2 Å². The number of hydrogen-bond acceptors (Lipinski definition) is 6. The van der Waals surface area contributed by atoms with E-state index in [9.17, 15) is 37.0 Å². The second kappa shape index (κ2) is 14.8. The molecule has 4 aromatic rings. The molecule has 0 saturated heterocycles. The predicted octanol–water partition coefficient (Wildman–Crippen LogP) is 4.86. The van der Waals surface area contributed by atoms with E-state index < -0.39 is 52.2 Å². The zero-order valence-corrected chi connectivity index (χ0v) is 26.4. The number of aliphatic carboxylic acids is 1. The molecule has 1 heterocycles. The van der Waals surface area contributed by atoms with Gasteiger partial charge in [0.15, 0.2) is 0 Å². The topological polar surface area (TPSA) is 172 Å². The van der Waals surface area contributed by atoms with Crippen molar-refractivity contribution in [3.63, 3.8) is 0 Å². The maximum absolute atomic E-state index is 14.1. The van der Waals surface area contributed by atoms with E-state index in [0.29, 0.717) is 33.5 Å². The highest BCUT2D eigenvalue weighted by Gasteiger charge is 2.29. The molecule has 1 amide bonds. The van der Waals surface area contributed by atoms with Crippen LogP contribution in [0.25, 0.3) is 28.3 Å². The molecule has 0 aliphatic heterocycles. The first kappa shape index (κ1) is 35.2. The molecule has 0 bridgehead atoms. The summed E-state index contributed by atoms with van der Waals surface area (Å²) in [6.45, 7) is 3.67. The number of hydrogen-bond donors (Lipinski definition) is 5. The normalized spacial score (nSPS) is 13.2. The number of nitrogens with one attached hydrogen (secondary N) is 1. The third kappa shape index (κ3) is 8.77. The number of aliphatic hydroxyl groups is 2. The van der Waals surface area contributed by atoms with E-state index in [0.717, 1.165) is 0 Å². The number of nitrogens with zero attached hydrogens (tertiary/aromatic N) is 1. The number of benzene rings is 3. The lowest BCUT2D eigenvalue weighted by molar-refractivity contribution is -0.139. The zero-order chi connectivity index (χ0) is 34.5. The van der Waals surface area contributed by atoms with Gasteiger partial charge in [-0.05, 0) is 73.0 Å². The van der Waals surface area contributed by atoms with Gasteiger partial charge in [-0.25, -0.2) is 22.3 Å². The van der Waals surface area contributed by atoms with Crippen LogP contribution >= 0.6 is 0 Å². The number of carbonyl (C=O) groups is 2. The van der Waals surface area contributed by atoms with Gasteiger partial charge in [-0.3, -0.25) is 9.59 Å². The van der Waals surface area contributed by atoms with Crippen LogP contribution in [0.2, 0.25) is 0 Å². The molecule has 2 atom stereocenters. The fourth-order valence-corrected chi connectivity index (χ4v) is 5.76. The van der Waals surface area contributed by atoms with Crippen molar-refractivity contribution in [1.29, 1.82) is 0 Å². The Morgan fingerprint density at radius 3 is 1.91 bits per heavy atom. The van der Waals surface area contributed by atoms with Crippen molar-refractivity contribution in [2.45, 2.75) is 56.4 Å². The second-order valence-corrected chi connectivity index (χ2v) is 12.8. The van der Waals surface area contributed by atoms with E-state index in [2.05, 4.69) is 5.32 Å². The van der Waals surface area contributed by atoms with Crippen LogP contribution in [0, 0.1) is 11.6 Å². The monoisotopic (exact) mass is 667 g/mol. The number of rotatable bonds is 13. The highest BCUT2D eigenvalue weighted by molar-refractivity contribution is 7.89. The number of carboxylic acids is 1. The predicted molar refractivity (Wildman–Crippen MR) is 173 cm³/mol. The number of aliphatic hydroxyl groups excluding tert-OH is 2. The molecule has 6 N–H and O–H groups in total. The molecule has 13 heteroatoms. The molecular weight excluding hydrogens is 632 g/mol. The Bertz CT molecular complexity index is 1870. The minimum Gasteiger partial charge on any atom is -0.481 e. The van der Waals surface area contributed by atoms with Gasteiger partial charge in [0.1, 0.15) is 17.3 Å². The first-order valence-corrected chi connectivity index (χ1v) is 16.2. The molecule has 248 valence electrons. The zero-order valence-electron chi connectivity index (χ0n) is 25.6. The second-order valence-electron chi connectivity index (χ2n) is 11.2. The summed E-state index contributed by atoms with van der Waals surface area (Å²) in [5.74, 6) is -2.75. The highest BCUT2D eigenvalue weighted by atomic mass is 32.2. The van der Waals surface area contributed by atoms with Crippen molar-refractivity contribution < 1.29 is 42.1 Å². The third-order valence-corrected chi connectivity index (χ3v) is 8.27. The molecule has 4 rings (SSSR count). The van der Waals surface area contributed by atoms with Gasteiger partial charge in [0.25, 0.3) is 5.91 Å². The fraction of sp³-hybridized carbons (Fsp3) is 0.235. The van der Waals surface area contributed by atoms with Gasteiger partial charge in [0.2, 0.25) is 10.0 Å². The third-order valence-electron chi connectivity index (χ3n) is 7.35. The fourth-order valence-electron chi connectivity index (χ4n) is 5.24. The van der Waals surface area contributed by atoms with E-state index in [1.807, 2.05) is 13.8 Å². The number of carboxylic acid groups (broad SMARTS) is 1. The lowest BCUT2D eigenvalue weighted by Crippen LogP contribution is -2.27. The van der Waals surface area contributed by atoms with Crippen molar-refractivity contribution in [3.05, 3.63) is 107 Å². The van der Waals surface area contributed by atoms with Crippen LogP contribution in [0.4, 0.5) is 8.78 Å². The molecule has 47 heavy (non-hydrogen) atoms. The number of carbonyl (C=O) groups excluding carboxylic acids is 1. The molecule has 0 aliphatic rings. The Hall–Kier alpha value is -4.69. The summed E-state index contributed by atoms with van der Waals surface area (Å²) < 4.78 is 53.2. The summed E-state index contributed by atoms with van der Waals surface area (Å²) in [6.07, 6.45) is -0.469. The first-order chi connectivity index (χ1) is 22.1. The van der Waals surface area contributed by atoms with Gasteiger partial charge >= 0.3 is 5.97 Å². The van der Waals surface area contributed by atoms with Crippen LogP contribution in [-0.4, -0.2) is 52.4 Å². The molecule has 3 aromatic carbocycles. The minimum atomic E-state index is -3.91. The van der Waals surface area contributed by atoms with Crippen LogP contribution in [0.1, 0.15) is 54.5 Å². The van der Waals surface area contributed by atoms with Crippen LogP contribution in [0.5, 0.6) is 0 Å². The Kier molecular flexibility index (Phi) is 11.1. The van der Waals surface area contributed by atoms with E-state index >= 15 is 0 Å². The molecule has 1 aromatic heterocycles. The number of halogens is 2. The summed E-state index contributed by atoms with van der Waals surface area (Å²) in [5.41, 5.74) is 3.04. The summed E-state index contributed by atoms with van der Waals surface area (Å²) in [4.78, 5) is 25.0. The molecule has 0 aliphatic carbocycles.